The molecule has 0 radical (unpaired) electrons. The Kier molecular flexibility index (Phi) is 2.58. The first-order chi connectivity index (χ1) is 7.27. The average molecular weight is 203 g/mol. The van der Waals surface area contributed by atoms with Crippen LogP contribution in [0.2, 0.25) is 0 Å². The highest BCUT2D eigenvalue weighted by Crippen LogP contribution is 2.14. The number of nitrogens with two attached hydrogens (primary N) is 1. The molecule has 2 rings (SSSR count). The first kappa shape index (κ1) is 9.58. The van der Waals surface area contributed by atoms with Gasteiger partial charge in [-0.05, 0) is 12.1 Å². The molecule has 0 saturated carbocycles. The summed E-state index contributed by atoms with van der Waals surface area (Å²) < 4.78 is 7.18. The van der Waals surface area contributed by atoms with Crippen molar-refractivity contribution in [1.29, 1.82) is 0 Å². The molecule has 0 bridgehead atoms. The van der Waals surface area contributed by atoms with Gasteiger partial charge in [0.2, 0.25) is 0 Å². The van der Waals surface area contributed by atoms with Crippen LogP contribution in [0.25, 0.3) is 0 Å². The highest BCUT2D eigenvalue weighted by atomic mass is 16.5. The van der Waals surface area contributed by atoms with E-state index in [2.05, 4.69) is 5.10 Å². The largest absolute Gasteiger partial charge is 0.489 e. The lowest BCUT2D eigenvalue weighted by molar-refractivity contribution is 0.307. The third-order valence-corrected chi connectivity index (χ3v) is 2.20. The minimum absolute atomic E-state index is 0.448. The number of hydrogen-bond donors (Lipinski definition) is 1. The summed E-state index contributed by atoms with van der Waals surface area (Å²) in [6.45, 7) is 0.448. The van der Waals surface area contributed by atoms with Crippen LogP contribution in [-0.4, -0.2) is 9.78 Å². The summed E-state index contributed by atoms with van der Waals surface area (Å²) in [5.74, 6) is 1.48. The second-order valence-electron chi connectivity index (χ2n) is 3.28. The SMILES string of the molecule is Cn1ncc(COc2ccccc2)c1N. The van der Waals surface area contributed by atoms with Crippen molar-refractivity contribution in [3.63, 3.8) is 0 Å². The van der Waals surface area contributed by atoms with Gasteiger partial charge in [-0.3, -0.25) is 4.68 Å². The molecule has 1 aromatic carbocycles. The maximum Gasteiger partial charge on any atom is 0.127 e. The van der Waals surface area contributed by atoms with Crippen molar-refractivity contribution < 1.29 is 4.74 Å². The quantitative estimate of drug-likeness (QED) is 0.824. The maximum absolute atomic E-state index is 5.79. The number of aromatic nitrogens is 2. The summed E-state index contributed by atoms with van der Waals surface area (Å²) in [5, 5.41) is 4.04. The van der Waals surface area contributed by atoms with Crippen molar-refractivity contribution in [2.75, 3.05) is 5.73 Å². The summed E-state index contributed by atoms with van der Waals surface area (Å²) in [6.07, 6.45) is 1.72. The molecule has 0 unspecified atom stereocenters. The van der Waals surface area contributed by atoms with E-state index in [1.165, 1.54) is 0 Å². The second kappa shape index (κ2) is 4.04. The highest BCUT2D eigenvalue weighted by Gasteiger charge is 2.04. The molecule has 2 aromatic rings. The monoisotopic (exact) mass is 203 g/mol. The van der Waals surface area contributed by atoms with Gasteiger partial charge in [0.05, 0.1) is 11.8 Å². The maximum atomic E-state index is 5.79. The summed E-state index contributed by atoms with van der Waals surface area (Å²) in [4.78, 5) is 0. The van der Waals surface area contributed by atoms with Crippen LogP contribution in [-0.2, 0) is 13.7 Å². The van der Waals surface area contributed by atoms with E-state index < -0.39 is 0 Å². The van der Waals surface area contributed by atoms with E-state index in [0.29, 0.717) is 12.4 Å². The Morgan fingerprint density at radius 2 is 2.07 bits per heavy atom. The molecule has 0 atom stereocenters. The minimum Gasteiger partial charge on any atom is -0.489 e. The van der Waals surface area contributed by atoms with Crippen molar-refractivity contribution in [2.45, 2.75) is 6.61 Å². The van der Waals surface area contributed by atoms with E-state index in [-0.39, 0.29) is 0 Å². The zero-order valence-electron chi connectivity index (χ0n) is 8.55. The Hall–Kier alpha value is -1.97. The molecular weight excluding hydrogens is 190 g/mol. The Labute approximate surface area is 88.3 Å². The fraction of sp³-hybridized carbons (Fsp3) is 0.182. The number of benzene rings is 1. The summed E-state index contributed by atoms with van der Waals surface area (Å²) in [6, 6.07) is 9.63. The molecule has 4 heteroatoms. The van der Waals surface area contributed by atoms with Gasteiger partial charge in [0.1, 0.15) is 18.2 Å². The molecule has 15 heavy (non-hydrogen) atoms. The lowest BCUT2D eigenvalue weighted by atomic mass is 10.3. The van der Waals surface area contributed by atoms with Crippen molar-refractivity contribution in [3.05, 3.63) is 42.1 Å². The summed E-state index contributed by atoms with van der Waals surface area (Å²) in [7, 11) is 1.81. The van der Waals surface area contributed by atoms with Gasteiger partial charge in [-0.25, -0.2) is 0 Å². The van der Waals surface area contributed by atoms with Crippen molar-refractivity contribution >= 4 is 5.82 Å². The summed E-state index contributed by atoms with van der Waals surface area (Å²) in [5.41, 5.74) is 6.69. The van der Waals surface area contributed by atoms with Gasteiger partial charge in [-0.1, -0.05) is 18.2 Å². The van der Waals surface area contributed by atoms with Crippen LogP contribution in [0.4, 0.5) is 5.82 Å². The fourth-order valence-corrected chi connectivity index (χ4v) is 1.28. The van der Waals surface area contributed by atoms with Gasteiger partial charge < -0.3 is 10.5 Å². The predicted octanol–water partition coefficient (Wildman–Crippen LogP) is 1.58. The first-order valence-electron chi connectivity index (χ1n) is 4.71. The zero-order chi connectivity index (χ0) is 10.7. The third kappa shape index (κ3) is 2.10. The van der Waals surface area contributed by atoms with Crippen LogP contribution < -0.4 is 10.5 Å². The van der Waals surface area contributed by atoms with Gasteiger partial charge in [0.25, 0.3) is 0 Å². The van der Waals surface area contributed by atoms with Crippen molar-refractivity contribution in [2.24, 2.45) is 7.05 Å². The van der Waals surface area contributed by atoms with E-state index in [9.17, 15) is 0 Å². The molecular formula is C11H13N3O. The van der Waals surface area contributed by atoms with Crippen LogP contribution >= 0.6 is 0 Å². The Morgan fingerprint density at radius 1 is 1.33 bits per heavy atom. The number of anilines is 1. The molecule has 78 valence electrons. The molecule has 0 saturated heterocycles. The number of para-hydroxylation sites is 1. The second-order valence-corrected chi connectivity index (χ2v) is 3.28. The fourth-order valence-electron chi connectivity index (χ4n) is 1.28. The lowest BCUT2D eigenvalue weighted by Crippen LogP contribution is -2.02. The number of aryl methyl sites for hydroxylation is 1. The molecule has 0 aliphatic rings. The van der Waals surface area contributed by atoms with E-state index >= 15 is 0 Å². The van der Waals surface area contributed by atoms with Gasteiger partial charge in [0.15, 0.2) is 0 Å². The molecule has 0 amide bonds. The number of hydrogen-bond acceptors (Lipinski definition) is 3. The van der Waals surface area contributed by atoms with Gasteiger partial charge in [0, 0.05) is 7.05 Å². The predicted molar refractivity (Wildman–Crippen MR) is 58.4 cm³/mol. The van der Waals surface area contributed by atoms with Gasteiger partial charge in [-0.15, -0.1) is 0 Å². The van der Waals surface area contributed by atoms with Crippen LogP contribution in [0.15, 0.2) is 36.5 Å². The minimum atomic E-state index is 0.448. The van der Waals surface area contributed by atoms with Gasteiger partial charge >= 0.3 is 0 Å². The molecule has 0 aliphatic carbocycles. The summed E-state index contributed by atoms with van der Waals surface area (Å²) >= 11 is 0. The van der Waals surface area contributed by atoms with E-state index in [4.69, 9.17) is 10.5 Å². The van der Waals surface area contributed by atoms with Crippen LogP contribution in [0, 0.1) is 0 Å². The zero-order valence-corrected chi connectivity index (χ0v) is 8.55. The molecule has 1 heterocycles. The van der Waals surface area contributed by atoms with Crippen LogP contribution in [0.5, 0.6) is 5.75 Å². The standard InChI is InChI=1S/C11H13N3O/c1-14-11(12)9(7-13-14)8-15-10-5-3-2-4-6-10/h2-7H,8,12H2,1H3. The van der Waals surface area contributed by atoms with Crippen LogP contribution in [0.1, 0.15) is 5.56 Å². The Morgan fingerprint density at radius 3 is 2.67 bits per heavy atom. The van der Waals surface area contributed by atoms with E-state index in [1.807, 2.05) is 30.3 Å². The molecule has 1 aromatic heterocycles. The molecule has 2 N–H and O–H groups in total. The van der Waals surface area contributed by atoms with Gasteiger partial charge in [-0.2, -0.15) is 5.10 Å². The average Bonchev–Trinajstić information content (AvgIpc) is 2.59. The van der Waals surface area contributed by atoms with Crippen molar-refractivity contribution in [1.82, 2.24) is 9.78 Å². The van der Waals surface area contributed by atoms with Crippen LogP contribution in [0.3, 0.4) is 0 Å². The Bertz CT molecular complexity index is 436. The molecule has 0 fully saturated rings. The Balaban J connectivity index is 2.02. The van der Waals surface area contributed by atoms with Crippen molar-refractivity contribution in [3.8, 4) is 5.75 Å². The molecule has 4 nitrogen and oxygen atoms in total. The smallest absolute Gasteiger partial charge is 0.127 e. The number of nitrogens with zero attached hydrogens (tertiary/aromatic N) is 2. The third-order valence-electron chi connectivity index (χ3n) is 2.20. The van der Waals surface area contributed by atoms with E-state index in [1.54, 1.807) is 17.9 Å². The molecule has 0 spiro atoms. The molecule has 0 aliphatic heterocycles. The number of nitrogen functional groups attached to an aromatic ring is 1. The van der Waals surface area contributed by atoms with E-state index in [0.717, 1.165) is 11.3 Å². The number of ether oxygens (including phenoxy) is 1. The topological polar surface area (TPSA) is 53.1 Å². The highest BCUT2D eigenvalue weighted by molar-refractivity contribution is 5.38. The normalized spacial score (nSPS) is 10.2. The first-order valence-corrected chi connectivity index (χ1v) is 4.71. The number of rotatable bonds is 3. The lowest BCUT2D eigenvalue weighted by Gasteiger charge is -2.04.